The first-order chi connectivity index (χ1) is 8.85. The van der Waals surface area contributed by atoms with Gasteiger partial charge in [-0.2, -0.15) is 0 Å². The highest BCUT2D eigenvalue weighted by Gasteiger charge is 2.15. The Morgan fingerprint density at radius 2 is 1.47 bits per heavy atom. The normalized spacial score (nSPS) is 13.1. The standard InChI is InChI=1S/C10H22N6S3/c1-2-6(15-9(12)18)5-7(16-10(13)19)3-4-14-8(11)17/h6-7H,2-5H2,1H3,(H3,11,14,17)(H3,12,15,18)(H3,13,16,19). The second kappa shape index (κ2) is 9.93. The lowest BCUT2D eigenvalue weighted by atomic mass is 10.0. The third-order valence-corrected chi connectivity index (χ3v) is 2.93. The molecule has 110 valence electrons. The van der Waals surface area contributed by atoms with Gasteiger partial charge in [-0.05, 0) is 55.9 Å². The molecule has 9 N–H and O–H groups in total. The Labute approximate surface area is 130 Å². The predicted octanol–water partition coefficient (Wildman–Crippen LogP) is -0.587. The Balaban J connectivity index is 4.33. The largest absolute Gasteiger partial charge is 0.376 e. The molecule has 2 unspecified atom stereocenters. The number of nitrogens with one attached hydrogen (secondary N) is 3. The predicted molar refractivity (Wildman–Crippen MR) is 91.7 cm³/mol. The summed E-state index contributed by atoms with van der Waals surface area (Å²) in [4.78, 5) is 0. The zero-order chi connectivity index (χ0) is 14.8. The molecule has 19 heavy (non-hydrogen) atoms. The summed E-state index contributed by atoms with van der Waals surface area (Å²) < 4.78 is 0. The van der Waals surface area contributed by atoms with E-state index in [0.29, 0.717) is 11.7 Å². The van der Waals surface area contributed by atoms with Gasteiger partial charge in [-0.25, -0.2) is 0 Å². The van der Waals surface area contributed by atoms with Gasteiger partial charge in [-0.3, -0.25) is 0 Å². The molecule has 0 aromatic heterocycles. The molecule has 0 aromatic rings. The Kier molecular flexibility index (Phi) is 9.44. The van der Waals surface area contributed by atoms with Crippen LogP contribution >= 0.6 is 36.7 Å². The zero-order valence-electron chi connectivity index (χ0n) is 10.9. The SMILES string of the molecule is CCC(CC(CCNC(N)=S)NC(N)=S)NC(N)=S. The quantitative estimate of drug-likeness (QED) is 0.326. The van der Waals surface area contributed by atoms with Crippen LogP contribution in [0.4, 0.5) is 0 Å². The van der Waals surface area contributed by atoms with Gasteiger partial charge in [0.15, 0.2) is 15.3 Å². The summed E-state index contributed by atoms with van der Waals surface area (Å²) >= 11 is 14.5. The van der Waals surface area contributed by atoms with Crippen molar-refractivity contribution in [2.75, 3.05) is 6.54 Å². The van der Waals surface area contributed by atoms with Crippen molar-refractivity contribution in [1.82, 2.24) is 16.0 Å². The molecule has 0 radical (unpaired) electrons. The lowest BCUT2D eigenvalue weighted by molar-refractivity contribution is 0.435. The van der Waals surface area contributed by atoms with Crippen LogP contribution in [0.2, 0.25) is 0 Å². The minimum Gasteiger partial charge on any atom is -0.376 e. The molecule has 0 aliphatic carbocycles. The highest BCUT2D eigenvalue weighted by Crippen LogP contribution is 2.06. The van der Waals surface area contributed by atoms with Gasteiger partial charge in [0.25, 0.3) is 0 Å². The van der Waals surface area contributed by atoms with Gasteiger partial charge in [0.2, 0.25) is 0 Å². The minimum absolute atomic E-state index is 0.103. The minimum atomic E-state index is 0.103. The Bertz CT molecular complexity index is 322. The molecule has 0 aromatic carbocycles. The maximum atomic E-state index is 5.52. The maximum absolute atomic E-state index is 5.52. The van der Waals surface area contributed by atoms with E-state index in [9.17, 15) is 0 Å². The lowest BCUT2D eigenvalue weighted by Crippen LogP contribution is -2.46. The number of nitrogens with two attached hydrogens (primary N) is 3. The summed E-state index contributed by atoms with van der Waals surface area (Å²) in [7, 11) is 0. The first-order valence-corrected chi connectivity index (χ1v) is 7.22. The van der Waals surface area contributed by atoms with Crippen LogP contribution in [0.3, 0.4) is 0 Å². The van der Waals surface area contributed by atoms with E-state index < -0.39 is 0 Å². The molecular weight excluding hydrogens is 300 g/mol. The molecular formula is C10H22N6S3. The van der Waals surface area contributed by atoms with E-state index in [1.807, 2.05) is 0 Å². The van der Waals surface area contributed by atoms with Gasteiger partial charge in [-0.15, -0.1) is 0 Å². The van der Waals surface area contributed by atoms with E-state index >= 15 is 0 Å². The monoisotopic (exact) mass is 322 g/mol. The average molecular weight is 323 g/mol. The van der Waals surface area contributed by atoms with E-state index in [-0.39, 0.29) is 22.3 Å². The number of rotatable bonds is 8. The molecule has 0 spiro atoms. The van der Waals surface area contributed by atoms with Crippen LogP contribution in [-0.4, -0.2) is 34.0 Å². The van der Waals surface area contributed by atoms with Gasteiger partial charge in [0, 0.05) is 18.6 Å². The Hall–Kier alpha value is -0.930. The summed E-state index contributed by atoms with van der Waals surface area (Å²) in [6, 6.07) is 0.278. The van der Waals surface area contributed by atoms with Crippen molar-refractivity contribution in [2.24, 2.45) is 17.2 Å². The first kappa shape index (κ1) is 18.1. The van der Waals surface area contributed by atoms with Crippen LogP contribution < -0.4 is 33.2 Å². The average Bonchev–Trinajstić information content (AvgIpc) is 2.25. The fourth-order valence-corrected chi connectivity index (χ4v) is 2.13. The van der Waals surface area contributed by atoms with Crippen LogP contribution in [-0.2, 0) is 0 Å². The third kappa shape index (κ3) is 10.7. The van der Waals surface area contributed by atoms with Crippen molar-refractivity contribution in [2.45, 2.75) is 38.3 Å². The summed E-state index contributed by atoms with van der Waals surface area (Å²) in [5.74, 6) is 0. The van der Waals surface area contributed by atoms with Crippen LogP contribution in [0.15, 0.2) is 0 Å². The van der Waals surface area contributed by atoms with E-state index in [2.05, 4.69) is 22.9 Å². The molecule has 0 rings (SSSR count). The highest BCUT2D eigenvalue weighted by atomic mass is 32.1. The van der Waals surface area contributed by atoms with Crippen LogP contribution in [0.1, 0.15) is 26.2 Å². The maximum Gasteiger partial charge on any atom is 0.163 e. The Morgan fingerprint density at radius 3 is 1.89 bits per heavy atom. The molecule has 0 aliphatic rings. The molecule has 0 bridgehead atoms. The highest BCUT2D eigenvalue weighted by molar-refractivity contribution is 7.80. The van der Waals surface area contributed by atoms with Gasteiger partial charge in [0.1, 0.15) is 0 Å². The van der Waals surface area contributed by atoms with E-state index in [4.69, 9.17) is 53.9 Å². The molecule has 0 saturated carbocycles. The van der Waals surface area contributed by atoms with E-state index in [1.165, 1.54) is 0 Å². The summed E-state index contributed by atoms with van der Waals surface area (Å²) in [5, 5.41) is 9.84. The van der Waals surface area contributed by atoms with Crippen molar-refractivity contribution in [3.8, 4) is 0 Å². The van der Waals surface area contributed by atoms with Crippen molar-refractivity contribution >= 4 is 52.0 Å². The number of hydrogen-bond acceptors (Lipinski definition) is 3. The van der Waals surface area contributed by atoms with Crippen LogP contribution in [0, 0.1) is 0 Å². The molecule has 0 fully saturated rings. The van der Waals surface area contributed by atoms with Gasteiger partial charge in [0.05, 0.1) is 0 Å². The number of hydrogen-bond donors (Lipinski definition) is 6. The van der Waals surface area contributed by atoms with E-state index in [0.717, 1.165) is 19.3 Å². The van der Waals surface area contributed by atoms with Crippen molar-refractivity contribution in [3.05, 3.63) is 0 Å². The molecule has 2 atom stereocenters. The van der Waals surface area contributed by atoms with Crippen molar-refractivity contribution in [3.63, 3.8) is 0 Å². The molecule has 0 heterocycles. The first-order valence-electron chi connectivity index (χ1n) is 6.00. The van der Waals surface area contributed by atoms with Crippen LogP contribution in [0.25, 0.3) is 0 Å². The second-order valence-corrected chi connectivity index (χ2v) is 5.45. The smallest absolute Gasteiger partial charge is 0.163 e. The second-order valence-electron chi connectivity index (χ2n) is 4.13. The molecule has 9 heteroatoms. The molecule has 0 aliphatic heterocycles. The summed E-state index contributed by atoms with van der Waals surface area (Å²) in [6.07, 6.45) is 2.48. The number of thiocarbonyl (C=S) groups is 3. The van der Waals surface area contributed by atoms with Crippen LogP contribution in [0.5, 0.6) is 0 Å². The van der Waals surface area contributed by atoms with Gasteiger partial charge >= 0.3 is 0 Å². The topological polar surface area (TPSA) is 114 Å². The fraction of sp³-hybridized carbons (Fsp3) is 0.700. The lowest BCUT2D eigenvalue weighted by Gasteiger charge is -2.25. The van der Waals surface area contributed by atoms with Gasteiger partial charge in [-0.1, -0.05) is 6.92 Å². The third-order valence-electron chi connectivity index (χ3n) is 2.55. The van der Waals surface area contributed by atoms with E-state index in [1.54, 1.807) is 0 Å². The molecule has 0 saturated heterocycles. The molecule has 6 nitrogen and oxygen atoms in total. The fourth-order valence-electron chi connectivity index (χ4n) is 1.69. The van der Waals surface area contributed by atoms with Crippen molar-refractivity contribution < 1.29 is 0 Å². The zero-order valence-corrected chi connectivity index (χ0v) is 13.4. The molecule has 0 amide bonds. The van der Waals surface area contributed by atoms with Crippen molar-refractivity contribution in [1.29, 1.82) is 0 Å². The Morgan fingerprint density at radius 1 is 0.947 bits per heavy atom. The summed E-state index contributed by atoms with van der Waals surface area (Å²) in [6.45, 7) is 2.71. The summed E-state index contributed by atoms with van der Waals surface area (Å²) in [5.41, 5.74) is 16.4. The van der Waals surface area contributed by atoms with Gasteiger partial charge < -0.3 is 33.2 Å².